The third-order valence-corrected chi connectivity index (χ3v) is 6.69. The molecule has 160 valence electrons. The number of hydrogen-bond donors (Lipinski definition) is 0. The molecule has 0 aliphatic heterocycles. The Labute approximate surface area is 198 Å². The third-order valence-electron chi connectivity index (χ3n) is 6.69. The van der Waals surface area contributed by atoms with Gasteiger partial charge in [-0.15, -0.1) is 0 Å². The van der Waals surface area contributed by atoms with Gasteiger partial charge in [0.15, 0.2) is 0 Å². The van der Waals surface area contributed by atoms with Crippen LogP contribution in [0.15, 0.2) is 11.1 Å². The molecule has 0 radical (unpaired) electrons. The number of hydrogen-bond acceptors (Lipinski definition) is 0. The molecule has 0 amide bonds. The number of allylic oxidation sites excluding steroid dienone is 2. The van der Waals surface area contributed by atoms with Gasteiger partial charge in [-0.05, 0) is 25.7 Å². The van der Waals surface area contributed by atoms with E-state index < -0.39 is 0 Å². The molecule has 0 aromatic heterocycles. The molecule has 2 saturated carbocycles. The van der Waals surface area contributed by atoms with Crippen molar-refractivity contribution in [3.05, 3.63) is 24.5 Å². The van der Waals surface area contributed by atoms with Gasteiger partial charge in [0.25, 0.3) is 0 Å². The van der Waals surface area contributed by atoms with E-state index in [-0.39, 0.29) is 26.2 Å². The van der Waals surface area contributed by atoms with E-state index in [1.54, 1.807) is 11.1 Å². The molecular formula is C27H50Zr+2. The molecule has 2 fully saturated rings. The van der Waals surface area contributed by atoms with Gasteiger partial charge >= 0.3 is 26.2 Å². The first kappa shape index (κ1) is 28.6. The fraction of sp³-hybridized carbons (Fsp3) is 0.852. The second-order valence-electron chi connectivity index (χ2n) is 9.12. The molecule has 3 aliphatic carbocycles. The zero-order chi connectivity index (χ0) is 19.7. The molecule has 3 rings (SSSR count). The molecule has 2 atom stereocenters. The van der Waals surface area contributed by atoms with Crippen LogP contribution in [0.3, 0.4) is 0 Å². The van der Waals surface area contributed by atoms with Gasteiger partial charge in [-0.3, -0.25) is 0 Å². The average molecular weight is 466 g/mol. The first-order valence-electron chi connectivity index (χ1n) is 12.5. The molecule has 0 bridgehead atoms. The van der Waals surface area contributed by atoms with Crippen LogP contribution in [0.5, 0.6) is 0 Å². The number of rotatable bonds is 7. The zero-order valence-corrected chi connectivity index (χ0v) is 22.1. The maximum absolute atomic E-state index is 4.36. The summed E-state index contributed by atoms with van der Waals surface area (Å²) in [7, 11) is 0. The minimum Gasteiger partial charge on any atom is -0.342 e. The van der Waals surface area contributed by atoms with Crippen molar-refractivity contribution in [3.63, 3.8) is 0 Å². The molecule has 0 nitrogen and oxygen atoms in total. The van der Waals surface area contributed by atoms with Gasteiger partial charge in [-0.2, -0.15) is 18.8 Å². The summed E-state index contributed by atoms with van der Waals surface area (Å²) in [5.74, 6) is 1.35. The van der Waals surface area contributed by atoms with Crippen molar-refractivity contribution in [2.45, 2.75) is 136 Å². The Balaban J connectivity index is 0.000000535. The topological polar surface area (TPSA) is 0 Å². The third kappa shape index (κ3) is 13.0. The van der Waals surface area contributed by atoms with Crippen molar-refractivity contribution >= 4 is 0 Å². The van der Waals surface area contributed by atoms with Crippen LogP contribution in [0.2, 0.25) is 0 Å². The molecule has 1 heteroatoms. The molecule has 0 N–H and O–H groups in total. The smallest absolute Gasteiger partial charge is 0.342 e. The van der Waals surface area contributed by atoms with Crippen molar-refractivity contribution in [1.29, 1.82) is 0 Å². The van der Waals surface area contributed by atoms with Crippen LogP contribution < -0.4 is 0 Å². The van der Waals surface area contributed by atoms with Crippen LogP contribution >= 0.6 is 0 Å². The van der Waals surface area contributed by atoms with Crippen LogP contribution in [0.1, 0.15) is 136 Å². The molecular weight excluding hydrogens is 416 g/mol. The Hall–Kier alpha value is 0.623. The standard InChI is InChI=1S/C17H30.2C5H10.Zr/c1-5-8-10-16-12-14(4)15(7-3)13-17(16)11-9-6-2;2*1-2-4-5-3-1;/h7,14-15H,4-6,8-13H2,1-3H3;2*1-5H2;/q-2;;;+4. The van der Waals surface area contributed by atoms with Crippen molar-refractivity contribution in [2.24, 2.45) is 11.8 Å². The maximum atomic E-state index is 4.36. The Morgan fingerprint density at radius 1 is 0.714 bits per heavy atom. The van der Waals surface area contributed by atoms with Gasteiger partial charge in [-0.1, -0.05) is 115 Å². The first-order valence-corrected chi connectivity index (χ1v) is 12.5. The van der Waals surface area contributed by atoms with Crippen LogP contribution in [0, 0.1) is 25.2 Å². The number of unbranched alkanes of at least 4 members (excludes halogenated alkanes) is 2. The van der Waals surface area contributed by atoms with E-state index in [0.717, 1.165) is 5.92 Å². The van der Waals surface area contributed by atoms with E-state index in [4.69, 9.17) is 0 Å². The fourth-order valence-electron chi connectivity index (χ4n) is 4.70. The van der Waals surface area contributed by atoms with E-state index in [1.165, 1.54) is 116 Å². The van der Waals surface area contributed by atoms with Gasteiger partial charge in [-0.25, -0.2) is 0 Å². The van der Waals surface area contributed by atoms with E-state index in [1.807, 2.05) is 0 Å². The van der Waals surface area contributed by atoms with E-state index in [2.05, 4.69) is 34.1 Å². The van der Waals surface area contributed by atoms with Crippen molar-refractivity contribution in [1.82, 2.24) is 0 Å². The van der Waals surface area contributed by atoms with Crippen LogP contribution in [0.25, 0.3) is 0 Å². The summed E-state index contributed by atoms with van der Waals surface area (Å²) in [6.45, 7) is 11.1. The second kappa shape index (κ2) is 19.6. The Bertz CT molecular complexity index is 337. The summed E-state index contributed by atoms with van der Waals surface area (Å²) in [5, 5.41) is 0. The van der Waals surface area contributed by atoms with E-state index in [9.17, 15) is 0 Å². The summed E-state index contributed by atoms with van der Waals surface area (Å²) in [4.78, 5) is 0. The Kier molecular flexibility index (Phi) is 20.0. The molecule has 0 spiro atoms. The normalized spacial score (nSPS) is 24.0. The van der Waals surface area contributed by atoms with Gasteiger partial charge in [0, 0.05) is 0 Å². The monoisotopic (exact) mass is 464 g/mol. The van der Waals surface area contributed by atoms with Crippen molar-refractivity contribution < 1.29 is 26.2 Å². The summed E-state index contributed by atoms with van der Waals surface area (Å²) in [6.07, 6.45) is 28.0. The quantitative estimate of drug-likeness (QED) is 0.259. The summed E-state index contributed by atoms with van der Waals surface area (Å²) >= 11 is 0. The summed E-state index contributed by atoms with van der Waals surface area (Å²) in [5.41, 5.74) is 3.54. The second-order valence-corrected chi connectivity index (χ2v) is 9.12. The van der Waals surface area contributed by atoms with Crippen LogP contribution in [-0.2, 0) is 26.2 Å². The van der Waals surface area contributed by atoms with E-state index >= 15 is 0 Å². The van der Waals surface area contributed by atoms with Crippen LogP contribution in [-0.4, -0.2) is 0 Å². The Morgan fingerprint density at radius 2 is 1.07 bits per heavy atom. The fourth-order valence-corrected chi connectivity index (χ4v) is 4.70. The SMILES string of the molecule is C1CCCC1.C1CCCC1.[CH2-]C1CC(CCCC)=C(CCCC)CC1[CH-]C.[Zr+4]. The zero-order valence-electron chi connectivity index (χ0n) is 19.7. The first-order chi connectivity index (χ1) is 13.2. The Morgan fingerprint density at radius 3 is 1.39 bits per heavy atom. The predicted molar refractivity (Wildman–Crippen MR) is 124 cm³/mol. The van der Waals surface area contributed by atoms with E-state index in [0.29, 0.717) is 5.92 Å². The minimum absolute atomic E-state index is 0. The largest absolute Gasteiger partial charge is 4.00 e. The molecule has 0 saturated heterocycles. The van der Waals surface area contributed by atoms with Gasteiger partial charge in [0.2, 0.25) is 0 Å². The van der Waals surface area contributed by atoms with Gasteiger partial charge in [0.1, 0.15) is 0 Å². The molecule has 0 aromatic carbocycles. The molecule has 2 unspecified atom stereocenters. The molecule has 28 heavy (non-hydrogen) atoms. The summed E-state index contributed by atoms with van der Waals surface area (Å²) < 4.78 is 0. The molecule has 0 aromatic rings. The van der Waals surface area contributed by atoms with Crippen LogP contribution in [0.4, 0.5) is 0 Å². The predicted octanol–water partition coefficient (Wildman–Crippen LogP) is 9.65. The molecule has 3 aliphatic rings. The van der Waals surface area contributed by atoms with Crippen molar-refractivity contribution in [2.75, 3.05) is 0 Å². The summed E-state index contributed by atoms with van der Waals surface area (Å²) in [6, 6.07) is 0. The molecule has 0 heterocycles. The maximum Gasteiger partial charge on any atom is 4.00 e. The van der Waals surface area contributed by atoms with Crippen molar-refractivity contribution in [3.8, 4) is 0 Å². The minimum atomic E-state index is 0. The van der Waals surface area contributed by atoms with Gasteiger partial charge in [0.05, 0.1) is 0 Å². The average Bonchev–Trinajstić information content (AvgIpc) is 3.44. The van der Waals surface area contributed by atoms with Gasteiger partial charge < -0.3 is 13.3 Å².